The van der Waals surface area contributed by atoms with E-state index in [0.717, 1.165) is 23.7 Å². The quantitative estimate of drug-likeness (QED) is 0.269. The van der Waals surface area contributed by atoms with E-state index in [-0.39, 0.29) is 0 Å². The van der Waals surface area contributed by atoms with E-state index in [1.807, 2.05) is 0 Å². The van der Waals surface area contributed by atoms with Gasteiger partial charge in [0.15, 0.2) is 0 Å². The zero-order valence-corrected chi connectivity index (χ0v) is 20.9. The van der Waals surface area contributed by atoms with Gasteiger partial charge in [-0.3, -0.25) is 0 Å². The molecule has 176 valence electrons. The molecule has 2 fully saturated rings. The highest BCUT2D eigenvalue weighted by Gasteiger charge is 2.22. The van der Waals surface area contributed by atoms with Crippen LogP contribution in [0.1, 0.15) is 101 Å². The molecule has 2 aliphatic carbocycles. The number of allylic oxidation sites excluding steroid dienone is 2. The molecule has 2 saturated carbocycles. The van der Waals surface area contributed by atoms with Gasteiger partial charge in [-0.1, -0.05) is 99.4 Å². The molecular weight excluding hydrogens is 396 g/mol. The van der Waals surface area contributed by atoms with E-state index < -0.39 is 0 Å². The van der Waals surface area contributed by atoms with Gasteiger partial charge in [-0.15, -0.1) is 6.58 Å². The molecule has 33 heavy (non-hydrogen) atoms. The fraction of sp³-hybridized carbons (Fsp3) is 0.515. The van der Waals surface area contributed by atoms with E-state index in [0.29, 0.717) is 0 Å². The van der Waals surface area contributed by atoms with E-state index in [4.69, 9.17) is 0 Å². The van der Waals surface area contributed by atoms with Crippen molar-refractivity contribution in [2.24, 2.45) is 17.8 Å². The van der Waals surface area contributed by atoms with Crippen molar-refractivity contribution in [3.63, 3.8) is 0 Å². The van der Waals surface area contributed by atoms with Crippen LogP contribution in [0.5, 0.6) is 0 Å². The summed E-state index contributed by atoms with van der Waals surface area (Å²) < 4.78 is 0. The molecule has 0 amide bonds. The summed E-state index contributed by atoms with van der Waals surface area (Å²) in [6.07, 6.45) is 23.4. The Kier molecular flexibility index (Phi) is 9.04. The molecule has 0 unspecified atom stereocenters. The first-order chi connectivity index (χ1) is 16.2. The molecule has 2 aromatic carbocycles. The second-order valence-electron chi connectivity index (χ2n) is 10.7. The Morgan fingerprint density at radius 3 is 1.94 bits per heavy atom. The van der Waals surface area contributed by atoms with Crippen LogP contribution in [0.2, 0.25) is 0 Å². The van der Waals surface area contributed by atoms with Gasteiger partial charge in [-0.05, 0) is 97.3 Å². The minimum absolute atomic E-state index is 0.736. The molecule has 0 atom stereocenters. The number of benzene rings is 2. The lowest BCUT2D eigenvalue weighted by atomic mass is 9.77. The first-order valence-corrected chi connectivity index (χ1v) is 13.8. The second kappa shape index (κ2) is 12.4. The molecule has 0 aliphatic heterocycles. The highest BCUT2D eigenvalue weighted by Crippen LogP contribution is 2.38. The average molecular weight is 441 g/mol. The molecular formula is C33H44. The summed E-state index contributed by atoms with van der Waals surface area (Å²) in [5.74, 6) is 3.24. The predicted molar refractivity (Wildman–Crippen MR) is 145 cm³/mol. The summed E-state index contributed by atoms with van der Waals surface area (Å²) in [5, 5.41) is 0. The smallest absolute Gasteiger partial charge is 0.0162 e. The lowest BCUT2D eigenvalue weighted by Gasteiger charge is -2.29. The van der Waals surface area contributed by atoms with Crippen LogP contribution in [0.15, 0.2) is 67.3 Å². The van der Waals surface area contributed by atoms with Gasteiger partial charge < -0.3 is 0 Å². The molecule has 0 spiro atoms. The molecule has 0 N–H and O–H groups in total. The number of hydrogen-bond donors (Lipinski definition) is 0. The van der Waals surface area contributed by atoms with E-state index in [1.54, 1.807) is 5.56 Å². The predicted octanol–water partition coefficient (Wildman–Crippen LogP) is 10.2. The van der Waals surface area contributed by atoms with Gasteiger partial charge in [0.1, 0.15) is 0 Å². The van der Waals surface area contributed by atoms with E-state index in [1.165, 1.54) is 93.7 Å². The monoisotopic (exact) mass is 440 g/mol. The minimum atomic E-state index is 0.736. The summed E-state index contributed by atoms with van der Waals surface area (Å²) in [7, 11) is 0. The Labute approximate surface area is 203 Å². The average Bonchev–Trinajstić information content (AvgIpc) is 2.89. The molecule has 2 aromatic rings. The summed E-state index contributed by atoms with van der Waals surface area (Å²) in [4.78, 5) is 0. The third-order valence-electron chi connectivity index (χ3n) is 8.40. The van der Waals surface area contributed by atoms with E-state index >= 15 is 0 Å². The number of rotatable bonds is 9. The Hall–Kier alpha value is -2.08. The third-order valence-corrected chi connectivity index (χ3v) is 8.40. The highest BCUT2D eigenvalue weighted by atomic mass is 14.3. The topological polar surface area (TPSA) is 0 Å². The van der Waals surface area contributed by atoms with Gasteiger partial charge in [0.25, 0.3) is 0 Å². The van der Waals surface area contributed by atoms with Crippen molar-refractivity contribution in [1.82, 2.24) is 0 Å². The van der Waals surface area contributed by atoms with Gasteiger partial charge >= 0.3 is 0 Å². The summed E-state index contributed by atoms with van der Waals surface area (Å²) in [6, 6.07) is 18.6. The molecule has 0 saturated heterocycles. The fourth-order valence-electron chi connectivity index (χ4n) is 6.02. The van der Waals surface area contributed by atoms with Crippen LogP contribution in [-0.2, 0) is 0 Å². The maximum absolute atomic E-state index is 3.96. The van der Waals surface area contributed by atoms with Gasteiger partial charge in [-0.25, -0.2) is 0 Å². The zero-order chi connectivity index (χ0) is 22.9. The first kappa shape index (κ1) is 24.1. The lowest BCUT2D eigenvalue weighted by Crippen LogP contribution is -2.13. The van der Waals surface area contributed by atoms with Crippen molar-refractivity contribution >= 4 is 6.08 Å². The molecule has 0 nitrogen and oxygen atoms in total. The normalized spacial score (nSPS) is 25.8. The molecule has 0 aromatic heterocycles. The second-order valence-corrected chi connectivity index (χ2v) is 10.7. The van der Waals surface area contributed by atoms with Gasteiger partial charge in [0, 0.05) is 0 Å². The number of unbranched alkanes of at least 4 members (excludes halogenated alkanes) is 2. The maximum Gasteiger partial charge on any atom is -0.0162 e. The molecule has 0 heteroatoms. The Morgan fingerprint density at radius 2 is 1.33 bits per heavy atom. The summed E-state index contributed by atoms with van der Waals surface area (Å²) >= 11 is 0. The van der Waals surface area contributed by atoms with Gasteiger partial charge in [-0.2, -0.15) is 0 Å². The Bertz CT molecular complexity index is 853. The minimum Gasteiger partial charge on any atom is -0.103 e. The SMILES string of the molecule is C=CC1CCC(/C=C/c2ccc(-c3ccc(C4CCC(CCCCC)CC4)cc3)cc2)CC1. The van der Waals surface area contributed by atoms with Crippen LogP contribution in [0.25, 0.3) is 17.2 Å². The van der Waals surface area contributed by atoms with E-state index in [9.17, 15) is 0 Å². The lowest BCUT2D eigenvalue weighted by molar-refractivity contribution is 0.303. The van der Waals surface area contributed by atoms with Crippen LogP contribution in [0.4, 0.5) is 0 Å². The zero-order valence-electron chi connectivity index (χ0n) is 20.9. The van der Waals surface area contributed by atoms with Crippen LogP contribution >= 0.6 is 0 Å². The van der Waals surface area contributed by atoms with Crippen LogP contribution in [-0.4, -0.2) is 0 Å². The summed E-state index contributed by atoms with van der Waals surface area (Å²) in [6.45, 7) is 6.27. The third kappa shape index (κ3) is 6.95. The van der Waals surface area contributed by atoms with Gasteiger partial charge in [0.2, 0.25) is 0 Å². The van der Waals surface area contributed by atoms with Crippen molar-refractivity contribution in [1.29, 1.82) is 0 Å². The number of hydrogen-bond acceptors (Lipinski definition) is 0. The fourth-order valence-corrected chi connectivity index (χ4v) is 6.02. The van der Waals surface area contributed by atoms with Crippen LogP contribution in [0, 0.1) is 17.8 Å². The van der Waals surface area contributed by atoms with Crippen molar-refractivity contribution in [3.05, 3.63) is 78.4 Å². The van der Waals surface area contributed by atoms with Crippen LogP contribution in [0.3, 0.4) is 0 Å². The highest BCUT2D eigenvalue weighted by molar-refractivity contribution is 5.66. The Balaban J connectivity index is 1.28. The Morgan fingerprint density at radius 1 is 0.727 bits per heavy atom. The maximum atomic E-state index is 3.96. The van der Waals surface area contributed by atoms with Crippen molar-refractivity contribution < 1.29 is 0 Å². The van der Waals surface area contributed by atoms with Crippen molar-refractivity contribution in [2.45, 2.75) is 89.9 Å². The molecule has 2 aliphatic rings. The largest absolute Gasteiger partial charge is 0.103 e. The first-order valence-electron chi connectivity index (χ1n) is 13.8. The molecule has 0 radical (unpaired) electrons. The molecule has 0 bridgehead atoms. The molecule has 0 heterocycles. The standard InChI is InChI=1S/C33H44/c1-3-5-6-7-27-14-18-30(19-15-27)32-22-24-33(25-23-32)31-20-16-29(17-21-31)13-12-28-10-8-26(4-2)9-11-28/h4,12-13,16-17,20-28,30H,2-3,5-11,14-15,18-19H2,1H3/b13-12+. The van der Waals surface area contributed by atoms with Crippen molar-refractivity contribution in [3.8, 4) is 11.1 Å². The van der Waals surface area contributed by atoms with Crippen LogP contribution < -0.4 is 0 Å². The van der Waals surface area contributed by atoms with Crippen molar-refractivity contribution in [2.75, 3.05) is 0 Å². The summed E-state index contributed by atoms with van der Waals surface area (Å²) in [5.41, 5.74) is 5.53. The van der Waals surface area contributed by atoms with E-state index in [2.05, 4.69) is 80.3 Å². The molecule has 4 rings (SSSR count). The van der Waals surface area contributed by atoms with Gasteiger partial charge in [0.05, 0.1) is 0 Å².